The Morgan fingerprint density at radius 1 is 1.25 bits per heavy atom. The number of likely N-dealkylation sites (tertiary alicyclic amines) is 1. The number of aliphatic imine (C=N–C) groups is 1. The number of piperidine rings is 1. The van der Waals surface area contributed by atoms with Crippen molar-refractivity contribution in [2.24, 2.45) is 4.99 Å². The summed E-state index contributed by atoms with van der Waals surface area (Å²) in [4.78, 5) is 17.9. The van der Waals surface area contributed by atoms with Crippen molar-refractivity contribution in [1.29, 1.82) is 0 Å². The molecule has 1 aromatic heterocycles. The molecule has 8 nitrogen and oxygen atoms in total. The highest BCUT2D eigenvalue weighted by molar-refractivity contribution is 14.0. The summed E-state index contributed by atoms with van der Waals surface area (Å²) in [5.41, 5.74) is 3.41. The standard InChI is InChI=1S/C23H34N6O2.HI/c1-4-31-23(30)28-15-12-20(13-16-28)26-22(24-3)25-14-8-9-19-17-29(27-18(19)2)21-10-6-5-7-11-21;/h5-7,10-11,17,20H,4,8-9,12-16H2,1-3H3,(H2,24,25,26);1H. The number of aromatic nitrogens is 2. The van der Waals surface area contributed by atoms with Gasteiger partial charge in [-0.2, -0.15) is 5.10 Å². The van der Waals surface area contributed by atoms with E-state index in [4.69, 9.17) is 4.74 Å². The zero-order valence-corrected chi connectivity index (χ0v) is 21.5. The van der Waals surface area contributed by atoms with E-state index in [1.165, 1.54) is 5.56 Å². The molecule has 0 aliphatic carbocycles. The molecule has 0 atom stereocenters. The summed E-state index contributed by atoms with van der Waals surface area (Å²) < 4.78 is 7.03. The second-order valence-electron chi connectivity index (χ2n) is 7.73. The molecule has 32 heavy (non-hydrogen) atoms. The zero-order chi connectivity index (χ0) is 22.1. The van der Waals surface area contributed by atoms with Gasteiger partial charge < -0.3 is 20.3 Å². The molecule has 0 radical (unpaired) electrons. The molecule has 2 N–H and O–H groups in total. The Balaban J connectivity index is 0.00000363. The van der Waals surface area contributed by atoms with Crippen LogP contribution in [-0.4, -0.2) is 66.1 Å². The maximum Gasteiger partial charge on any atom is 0.409 e. The van der Waals surface area contributed by atoms with E-state index in [1.807, 2.05) is 29.8 Å². The van der Waals surface area contributed by atoms with E-state index in [9.17, 15) is 4.79 Å². The Labute approximate surface area is 207 Å². The van der Waals surface area contributed by atoms with E-state index in [0.29, 0.717) is 25.7 Å². The lowest BCUT2D eigenvalue weighted by Crippen LogP contribution is -2.50. The molecule has 9 heteroatoms. The van der Waals surface area contributed by atoms with Gasteiger partial charge in [0.1, 0.15) is 0 Å². The number of hydrogen-bond donors (Lipinski definition) is 2. The predicted octanol–water partition coefficient (Wildman–Crippen LogP) is 3.52. The van der Waals surface area contributed by atoms with Crippen molar-refractivity contribution in [3.63, 3.8) is 0 Å². The highest BCUT2D eigenvalue weighted by Crippen LogP contribution is 2.14. The molecule has 1 saturated heterocycles. The molecule has 176 valence electrons. The fourth-order valence-electron chi connectivity index (χ4n) is 3.75. The number of hydrogen-bond acceptors (Lipinski definition) is 4. The van der Waals surface area contributed by atoms with Gasteiger partial charge in [-0.3, -0.25) is 4.99 Å². The largest absolute Gasteiger partial charge is 0.450 e. The van der Waals surface area contributed by atoms with Gasteiger partial charge in [-0.15, -0.1) is 24.0 Å². The van der Waals surface area contributed by atoms with Gasteiger partial charge in [0.05, 0.1) is 18.0 Å². The van der Waals surface area contributed by atoms with Gasteiger partial charge in [0.25, 0.3) is 0 Å². The van der Waals surface area contributed by atoms with E-state index >= 15 is 0 Å². The van der Waals surface area contributed by atoms with Crippen molar-refractivity contribution in [2.45, 2.75) is 45.6 Å². The normalized spacial score (nSPS) is 14.6. The van der Waals surface area contributed by atoms with Crippen molar-refractivity contribution < 1.29 is 9.53 Å². The molecule has 0 bridgehead atoms. The third kappa shape index (κ3) is 7.39. The van der Waals surface area contributed by atoms with Crippen molar-refractivity contribution >= 4 is 36.0 Å². The second kappa shape index (κ2) is 13.3. The first-order valence-electron chi connectivity index (χ1n) is 11.1. The molecule has 1 aromatic carbocycles. The van der Waals surface area contributed by atoms with Gasteiger partial charge in [-0.25, -0.2) is 9.48 Å². The van der Waals surface area contributed by atoms with E-state index in [-0.39, 0.29) is 30.1 Å². The number of aryl methyl sites for hydroxylation is 2. The zero-order valence-electron chi connectivity index (χ0n) is 19.2. The number of nitrogens with zero attached hydrogens (tertiary/aromatic N) is 4. The van der Waals surface area contributed by atoms with Gasteiger partial charge in [-0.1, -0.05) is 18.2 Å². The molecule has 0 spiro atoms. The molecule has 1 fully saturated rings. The smallest absolute Gasteiger partial charge is 0.409 e. The molecule has 1 amide bonds. The summed E-state index contributed by atoms with van der Waals surface area (Å²) in [6, 6.07) is 10.5. The van der Waals surface area contributed by atoms with E-state index in [0.717, 1.165) is 49.6 Å². The van der Waals surface area contributed by atoms with E-state index < -0.39 is 0 Å². The van der Waals surface area contributed by atoms with Gasteiger partial charge in [-0.05, 0) is 57.2 Å². The molecule has 3 rings (SSSR count). The van der Waals surface area contributed by atoms with Gasteiger partial charge >= 0.3 is 6.09 Å². The number of ether oxygens (including phenoxy) is 1. The highest BCUT2D eigenvalue weighted by Gasteiger charge is 2.24. The fourth-order valence-corrected chi connectivity index (χ4v) is 3.75. The van der Waals surface area contributed by atoms with Crippen LogP contribution in [0, 0.1) is 6.92 Å². The Morgan fingerprint density at radius 3 is 2.62 bits per heavy atom. The Morgan fingerprint density at radius 2 is 1.97 bits per heavy atom. The molecule has 2 heterocycles. The number of rotatable bonds is 7. The van der Waals surface area contributed by atoms with Crippen LogP contribution in [-0.2, 0) is 11.2 Å². The third-order valence-corrected chi connectivity index (χ3v) is 5.52. The minimum absolute atomic E-state index is 0. The van der Waals surface area contributed by atoms with E-state index in [1.54, 1.807) is 11.9 Å². The van der Waals surface area contributed by atoms with Gasteiger partial charge in [0.2, 0.25) is 0 Å². The van der Waals surface area contributed by atoms with Crippen molar-refractivity contribution in [3.05, 3.63) is 47.8 Å². The second-order valence-corrected chi connectivity index (χ2v) is 7.73. The lowest BCUT2D eigenvalue weighted by atomic mass is 10.1. The number of carbonyl (C=O) groups excluding carboxylic acids is 1. The number of halogens is 1. The highest BCUT2D eigenvalue weighted by atomic mass is 127. The Hall–Kier alpha value is -2.30. The Bertz CT molecular complexity index is 863. The Kier molecular flexibility index (Phi) is 10.8. The van der Waals surface area contributed by atoms with E-state index in [2.05, 4.69) is 46.0 Å². The van der Waals surface area contributed by atoms with Crippen LogP contribution in [0.4, 0.5) is 4.79 Å². The van der Waals surface area contributed by atoms with Crippen LogP contribution < -0.4 is 10.6 Å². The molecule has 1 aliphatic heterocycles. The summed E-state index contributed by atoms with van der Waals surface area (Å²) in [6.07, 6.45) is 5.63. The molecule has 0 saturated carbocycles. The maximum absolute atomic E-state index is 11.8. The van der Waals surface area contributed by atoms with Crippen molar-refractivity contribution in [2.75, 3.05) is 33.3 Å². The first kappa shape index (κ1) is 26.0. The van der Waals surface area contributed by atoms with Crippen molar-refractivity contribution in [3.8, 4) is 5.69 Å². The number of benzene rings is 1. The van der Waals surface area contributed by atoms with Crippen molar-refractivity contribution in [1.82, 2.24) is 25.3 Å². The summed E-state index contributed by atoms with van der Waals surface area (Å²) >= 11 is 0. The summed E-state index contributed by atoms with van der Waals surface area (Å²) in [5.74, 6) is 0.811. The summed E-state index contributed by atoms with van der Waals surface area (Å²) in [6.45, 7) is 6.55. The number of para-hydroxylation sites is 1. The monoisotopic (exact) mass is 554 g/mol. The molecule has 2 aromatic rings. The van der Waals surface area contributed by atoms with Crippen LogP contribution in [0.3, 0.4) is 0 Å². The van der Waals surface area contributed by atoms with Crippen LogP contribution in [0.25, 0.3) is 5.69 Å². The fraction of sp³-hybridized carbons (Fsp3) is 0.522. The van der Waals surface area contributed by atoms with Crippen LogP contribution in [0.5, 0.6) is 0 Å². The number of amides is 1. The van der Waals surface area contributed by atoms with Gasteiger partial charge in [0.15, 0.2) is 5.96 Å². The van der Waals surface area contributed by atoms with Gasteiger partial charge in [0, 0.05) is 38.9 Å². The van der Waals surface area contributed by atoms with Crippen LogP contribution in [0.2, 0.25) is 0 Å². The quantitative estimate of drug-likeness (QED) is 0.237. The first-order valence-corrected chi connectivity index (χ1v) is 11.1. The maximum atomic E-state index is 11.8. The lowest BCUT2D eigenvalue weighted by molar-refractivity contribution is 0.0963. The SMILES string of the molecule is CCOC(=O)N1CCC(NC(=NC)NCCCc2cn(-c3ccccc3)nc2C)CC1.I. The van der Waals surface area contributed by atoms with Crippen LogP contribution in [0.1, 0.15) is 37.4 Å². The minimum Gasteiger partial charge on any atom is -0.450 e. The number of carbonyl (C=O) groups is 1. The average Bonchev–Trinajstić information content (AvgIpc) is 3.17. The topological polar surface area (TPSA) is 83.8 Å². The van der Waals surface area contributed by atoms with Crippen LogP contribution >= 0.6 is 24.0 Å². The molecular weight excluding hydrogens is 519 g/mol. The summed E-state index contributed by atoms with van der Waals surface area (Å²) in [5, 5.41) is 11.5. The lowest BCUT2D eigenvalue weighted by Gasteiger charge is -2.32. The molecule has 0 unspecified atom stereocenters. The molecule has 1 aliphatic rings. The predicted molar refractivity (Wildman–Crippen MR) is 138 cm³/mol. The first-order chi connectivity index (χ1) is 15.1. The third-order valence-electron chi connectivity index (χ3n) is 5.52. The minimum atomic E-state index is -0.214. The number of guanidine groups is 1. The average molecular weight is 554 g/mol. The summed E-state index contributed by atoms with van der Waals surface area (Å²) in [7, 11) is 1.79. The molecular formula is C23H35IN6O2. The van der Waals surface area contributed by atoms with Crippen LogP contribution in [0.15, 0.2) is 41.5 Å². The number of nitrogens with one attached hydrogen (secondary N) is 2.